The number of rotatable bonds is 4. The molecule has 1 fully saturated rings. The highest BCUT2D eigenvalue weighted by atomic mass is 19.1. The van der Waals surface area contributed by atoms with E-state index in [2.05, 4.69) is 5.32 Å². The van der Waals surface area contributed by atoms with Crippen molar-refractivity contribution < 1.29 is 19.2 Å². The molecule has 0 atom stereocenters. The summed E-state index contributed by atoms with van der Waals surface area (Å²) in [6.45, 7) is 1.48. The highest BCUT2D eigenvalue weighted by Crippen LogP contribution is 2.37. The van der Waals surface area contributed by atoms with E-state index >= 15 is 0 Å². The number of aryl methyl sites for hydroxylation is 1. The molecule has 20 heavy (non-hydrogen) atoms. The first-order chi connectivity index (χ1) is 9.35. The summed E-state index contributed by atoms with van der Waals surface area (Å²) in [6.07, 6.45) is 2.28. The number of aliphatic carboxylic acids is 1. The largest absolute Gasteiger partial charge is 0.480 e. The molecular formula is C13H15FN2O4. The van der Waals surface area contributed by atoms with E-state index in [0.29, 0.717) is 12.8 Å². The predicted octanol–water partition coefficient (Wildman–Crippen LogP) is 2.85. The number of hydrogen-bond acceptors (Lipinski definition) is 4. The molecule has 6 nitrogen and oxygen atoms in total. The highest BCUT2D eigenvalue weighted by molar-refractivity contribution is 5.84. The van der Waals surface area contributed by atoms with Gasteiger partial charge in [0.1, 0.15) is 17.0 Å². The second-order valence-corrected chi connectivity index (χ2v) is 5.10. The molecule has 1 aliphatic rings. The Labute approximate surface area is 114 Å². The second-order valence-electron chi connectivity index (χ2n) is 5.10. The quantitative estimate of drug-likeness (QED) is 0.654. The summed E-state index contributed by atoms with van der Waals surface area (Å²) in [6, 6.07) is 2.11. The van der Waals surface area contributed by atoms with E-state index in [-0.39, 0.29) is 11.3 Å². The Balaban J connectivity index is 2.44. The smallest absolute Gasteiger partial charge is 0.329 e. The summed E-state index contributed by atoms with van der Waals surface area (Å²) in [5.41, 5.74) is -1.36. The molecule has 108 valence electrons. The third-order valence-corrected chi connectivity index (χ3v) is 3.71. The molecule has 0 bridgehead atoms. The van der Waals surface area contributed by atoms with Gasteiger partial charge in [-0.25, -0.2) is 9.18 Å². The van der Waals surface area contributed by atoms with E-state index in [9.17, 15) is 24.4 Å². The number of hydrogen-bond donors (Lipinski definition) is 2. The van der Waals surface area contributed by atoms with Crippen LogP contribution in [0.1, 0.15) is 31.2 Å². The van der Waals surface area contributed by atoms with Crippen molar-refractivity contribution in [1.82, 2.24) is 0 Å². The maximum atomic E-state index is 13.4. The minimum atomic E-state index is -1.20. The lowest BCUT2D eigenvalue weighted by Gasteiger charge is -2.26. The van der Waals surface area contributed by atoms with Crippen molar-refractivity contribution in [1.29, 1.82) is 0 Å². The van der Waals surface area contributed by atoms with Crippen LogP contribution in [-0.2, 0) is 4.79 Å². The normalized spacial score (nSPS) is 16.9. The first-order valence-corrected chi connectivity index (χ1v) is 6.32. The zero-order valence-corrected chi connectivity index (χ0v) is 11.0. The lowest BCUT2D eigenvalue weighted by Crippen LogP contribution is -2.43. The van der Waals surface area contributed by atoms with Gasteiger partial charge in [0, 0.05) is 0 Å². The van der Waals surface area contributed by atoms with Gasteiger partial charge in [-0.2, -0.15) is 0 Å². The number of nitrogens with one attached hydrogen (secondary N) is 1. The van der Waals surface area contributed by atoms with Gasteiger partial charge in [-0.05, 0) is 31.4 Å². The van der Waals surface area contributed by atoms with E-state index in [1.807, 2.05) is 0 Å². The van der Waals surface area contributed by atoms with E-state index < -0.39 is 27.9 Å². The molecule has 2 N–H and O–H groups in total. The molecule has 0 heterocycles. The maximum Gasteiger partial charge on any atom is 0.329 e. The predicted molar refractivity (Wildman–Crippen MR) is 70.2 cm³/mol. The average molecular weight is 282 g/mol. The van der Waals surface area contributed by atoms with Crippen LogP contribution in [0.15, 0.2) is 12.1 Å². The fourth-order valence-electron chi connectivity index (χ4n) is 2.55. The van der Waals surface area contributed by atoms with E-state index in [1.165, 1.54) is 13.0 Å². The Hall–Kier alpha value is -2.18. The first-order valence-electron chi connectivity index (χ1n) is 6.32. The Bertz CT molecular complexity index is 568. The fraction of sp³-hybridized carbons (Fsp3) is 0.462. The number of carbonyl (C=O) groups is 1. The highest BCUT2D eigenvalue weighted by Gasteiger charge is 2.42. The first kappa shape index (κ1) is 14.2. The number of benzene rings is 1. The summed E-state index contributed by atoms with van der Waals surface area (Å²) in [5, 5.41) is 23.1. The fourth-order valence-corrected chi connectivity index (χ4v) is 2.55. The van der Waals surface area contributed by atoms with Gasteiger partial charge in [0.05, 0.1) is 11.0 Å². The minimum absolute atomic E-state index is 0.0539. The zero-order valence-electron chi connectivity index (χ0n) is 11.0. The van der Waals surface area contributed by atoms with Crippen LogP contribution >= 0.6 is 0 Å². The van der Waals surface area contributed by atoms with Gasteiger partial charge in [-0.3, -0.25) is 10.1 Å². The molecule has 0 aromatic heterocycles. The Morgan fingerprint density at radius 3 is 2.55 bits per heavy atom. The molecule has 1 aliphatic carbocycles. The van der Waals surface area contributed by atoms with E-state index in [1.54, 1.807) is 0 Å². The van der Waals surface area contributed by atoms with Crippen molar-refractivity contribution in [2.24, 2.45) is 0 Å². The summed E-state index contributed by atoms with van der Waals surface area (Å²) < 4.78 is 13.4. The zero-order chi connectivity index (χ0) is 14.9. The van der Waals surface area contributed by atoms with Crippen LogP contribution in [0.2, 0.25) is 0 Å². The summed E-state index contributed by atoms with van der Waals surface area (Å²) in [5.74, 6) is -1.72. The molecule has 0 aliphatic heterocycles. The van der Waals surface area contributed by atoms with Crippen molar-refractivity contribution in [3.05, 3.63) is 33.6 Å². The Kier molecular flexibility index (Phi) is 3.61. The van der Waals surface area contributed by atoms with Gasteiger partial charge in [0.2, 0.25) is 0 Å². The maximum absolute atomic E-state index is 13.4. The summed E-state index contributed by atoms with van der Waals surface area (Å²) >= 11 is 0. The van der Waals surface area contributed by atoms with Gasteiger partial charge in [0.15, 0.2) is 0 Å². The number of nitro benzene ring substituents is 1. The number of nitrogens with zero attached hydrogens (tertiary/aromatic N) is 1. The molecular weight excluding hydrogens is 267 g/mol. The van der Waals surface area contributed by atoms with Gasteiger partial charge >= 0.3 is 5.97 Å². The van der Waals surface area contributed by atoms with Gasteiger partial charge in [-0.1, -0.05) is 12.8 Å². The monoisotopic (exact) mass is 282 g/mol. The molecule has 0 unspecified atom stereocenters. The molecule has 1 aromatic carbocycles. The SMILES string of the molecule is Cc1cc(NC2(C(=O)O)CCCC2)c([N+](=O)[O-])cc1F. The molecule has 0 radical (unpaired) electrons. The molecule has 0 amide bonds. The number of halogens is 1. The molecule has 0 saturated heterocycles. The third kappa shape index (κ3) is 2.43. The van der Waals surface area contributed by atoms with Gasteiger partial charge in [-0.15, -0.1) is 0 Å². The standard InChI is InChI=1S/C13H15FN2O4/c1-8-6-10(11(16(19)20)7-9(8)14)15-13(12(17)18)4-2-3-5-13/h6-7,15H,2-5H2,1H3,(H,17,18). The molecule has 7 heteroatoms. The van der Waals surface area contributed by atoms with Crippen molar-refractivity contribution in [2.45, 2.75) is 38.1 Å². The summed E-state index contributed by atoms with van der Waals surface area (Å²) in [4.78, 5) is 21.7. The Morgan fingerprint density at radius 1 is 1.45 bits per heavy atom. The van der Waals surface area contributed by atoms with Crippen LogP contribution in [0.25, 0.3) is 0 Å². The minimum Gasteiger partial charge on any atom is -0.480 e. The van der Waals surface area contributed by atoms with Crippen LogP contribution in [-0.4, -0.2) is 21.5 Å². The molecule has 1 aromatic rings. The van der Waals surface area contributed by atoms with Gasteiger partial charge < -0.3 is 10.4 Å². The van der Waals surface area contributed by atoms with E-state index in [4.69, 9.17) is 0 Å². The topological polar surface area (TPSA) is 92.5 Å². The van der Waals surface area contributed by atoms with Gasteiger partial charge in [0.25, 0.3) is 5.69 Å². The van der Waals surface area contributed by atoms with E-state index in [0.717, 1.165) is 18.9 Å². The van der Waals surface area contributed by atoms with Crippen LogP contribution in [0, 0.1) is 22.9 Å². The Morgan fingerprint density at radius 2 is 2.05 bits per heavy atom. The number of carboxylic acid groups (broad SMARTS) is 1. The average Bonchev–Trinajstić information content (AvgIpc) is 2.83. The van der Waals surface area contributed by atoms with Crippen LogP contribution in [0.5, 0.6) is 0 Å². The van der Waals surface area contributed by atoms with Crippen molar-refractivity contribution in [2.75, 3.05) is 5.32 Å². The van der Waals surface area contributed by atoms with Crippen molar-refractivity contribution in [3.63, 3.8) is 0 Å². The van der Waals surface area contributed by atoms with Crippen molar-refractivity contribution >= 4 is 17.3 Å². The lowest BCUT2D eigenvalue weighted by atomic mass is 9.97. The van der Waals surface area contributed by atoms with Crippen LogP contribution < -0.4 is 5.32 Å². The number of nitro groups is 1. The second kappa shape index (κ2) is 5.07. The third-order valence-electron chi connectivity index (χ3n) is 3.71. The number of carboxylic acids is 1. The van der Waals surface area contributed by atoms with Crippen LogP contribution in [0.4, 0.5) is 15.8 Å². The summed E-state index contributed by atoms with van der Waals surface area (Å²) in [7, 11) is 0. The molecule has 2 rings (SSSR count). The molecule has 1 saturated carbocycles. The molecule has 0 spiro atoms. The van der Waals surface area contributed by atoms with Crippen LogP contribution in [0.3, 0.4) is 0 Å². The van der Waals surface area contributed by atoms with Crippen molar-refractivity contribution in [3.8, 4) is 0 Å². The lowest BCUT2D eigenvalue weighted by molar-refractivity contribution is -0.384. The number of anilines is 1.